The molecule has 3 nitrogen and oxygen atoms in total. The minimum Gasteiger partial charge on any atom is -0.492 e. The molecule has 0 radical (unpaired) electrons. The first-order chi connectivity index (χ1) is 8.45. The maximum absolute atomic E-state index is 11.4. The molecule has 0 N–H and O–H groups in total. The molecule has 1 aromatic carbocycles. The number of halogens is 1. The van der Waals surface area contributed by atoms with Crippen molar-refractivity contribution in [3.05, 3.63) is 23.8 Å². The van der Waals surface area contributed by atoms with Gasteiger partial charge in [-0.1, -0.05) is 32.3 Å². The third kappa shape index (κ3) is 4.86. The van der Waals surface area contributed by atoms with Gasteiger partial charge in [-0.15, -0.1) is 0 Å². The van der Waals surface area contributed by atoms with E-state index >= 15 is 0 Å². The fraction of sp³-hybridized carbons (Fsp3) is 0.538. The number of benzene rings is 1. The normalized spacial score (nSPS) is 11.5. The molecule has 0 heterocycles. The lowest BCUT2D eigenvalue weighted by Crippen LogP contribution is -2.02. The van der Waals surface area contributed by atoms with E-state index in [0.717, 1.165) is 31.2 Å². The van der Waals surface area contributed by atoms with Crippen molar-refractivity contribution in [1.29, 1.82) is 0 Å². The van der Waals surface area contributed by atoms with Gasteiger partial charge in [-0.2, -0.15) is 0 Å². The summed E-state index contributed by atoms with van der Waals surface area (Å²) in [6, 6.07) is 5.00. The standard InChI is InChI=1S/C13H19ClO3S/c1-3-4-5-6-9-17-12-8-7-11(2)10-13(12)18(14,15)16/h7-8,10H,3-6,9H2,1-2H3. The van der Waals surface area contributed by atoms with Gasteiger partial charge in [0.25, 0.3) is 9.05 Å². The molecule has 0 aromatic heterocycles. The zero-order valence-electron chi connectivity index (χ0n) is 10.8. The molecule has 0 aliphatic rings. The Hall–Kier alpha value is -0.740. The second kappa shape index (κ2) is 7.00. The number of ether oxygens (including phenoxy) is 1. The topological polar surface area (TPSA) is 43.4 Å². The van der Waals surface area contributed by atoms with Gasteiger partial charge in [0.05, 0.1) is 6.61 Å². The monoisotopic (exact) mass is 290 g/mol. The predicted molar refractivity (Wildman–Crippen MR) is 73.9 cm³/mol. The zero-order chi connectivity index (χ0) is 13.6. The second-order valence-electron chi connectivity index (χ2n) is 4.30. The Kier molecular flexibility index (Phi) is 5.96. The van der Waals surface area contributed by atoms with Crippen LogP contribution in [0.4, 0.5) is 0 Å². The Morgan fingerprint density at radius 2 is 1.94 bits per heavy atom. The molecule has 0 bridgehead atoms. The Morgan fingerprint density at radius 1 is 1.22 bits per heavy atom. The average molecular weight is 291 g/mol. The highest BCUT2D eigenvalue weighted by atomic mass is 35.7. The molecule has 0 aliphatic heterocycles. The summed E-state index contributed by atoms with van der Waals surface area (Å²) >= 11 is 0. The first kappa shape index (κ1) is 15.3. The molecule has 1 aromatic rings. The fourth-order valence-corrected chi connectivity index (χ4v) is 2.69. The summed E-state index contributed by atoms with van der Waals surface area (Å²) in [6.45, 7) is 4.47. The predicted octanol–water partition coefficient (Wildman–Crippen LogP) is 3.88. The third-order valence-electron chi connectivity index (χ3n) is 2.62. The van der Waals surface area contributed by atoms with Crippen molar-refractivity contribution in [2.24, 2.45) is 0 Å². The first-order valence-corrected chi connectivity index (χ1v) is 8.44. The maximum atomic E-state index is 11.4. The fourth-order valence-electron chi connectivity index (χ4n) is 1.64. The molecule has 0 atom stereocenters. The van der Waals surface area contributed by atoms with E-state index < -0.39 is 9.05 Å². The number of rotatable bonds is 7. The molecule has 1 rings (SSSR count). The van der Waals surface area contributed by atoms with Crippen LogP contribution in [-0.2, 0) is 9.05 Å². The summed E-state index contributed by atoms with van der Waals surface area (Å²) in [4.78, 5) is 0.0552. The highest BCUT2D eigenvalue weighted by Crippen LogP contribution is 2.28. The number of hydrogen-bond donors (Lipinski definition) is 0. The lowest BCUT2D eigenvalue weighted by molar-refractivity contribution is 0.297. The van der Waals surface area contributed by atoms with E-state index in [0.29, 0.717) is 12.4 Å². The third-order valence-corrected chi connectivity index (χ3v) is 3.96. The van der Waals surface area contributed by atoms with Gasteiger partial charge in [-0.05, 0) is 31.0 Å². The summed E-state index contributed by atoms with van der Waals surface area (Å²) < 4.78 is 28.4. The summed E-state index contributed by atoms with van der Waals surface area (Å²) in [6.07, 6.45) is 4.33. The van der Waals surface area contributed by atoms with Crippen molar-refractivity contribution in [2.45, 2.75) is 44.4 Å². The average Bonchev–Trinajstić information content (AvgIpc) is 2.29. The number of unbranched alkanes of at least 4 members (excludes halogenated alkanes) is 3. The number of hydrogen-bond acceptors (Lipinski definition) is 3. The lowest BCUT2D eigenvalue weighted by atomic mass is 10.2. The van der Waals surface area contributed by atoms with E-state index in [4.69, 9.17) is 15.4 Å². The van der Waals surface area contributed by atoms with Crippen LogP contribution in [0, 0.1) is 6.92 Å². The molecular weight excluding hydrogens is 272 g/mol. The second-order valence-corrected chi connectivity index (χ2v) is 6.83. The van der Waals surface area contributed by atoms with Crippen LogP contribution in [0.2, 0.25) is 0 Å². The molecule has 102 valence electrons. The van der Waals surface area contributed by atoms with Gasteiger partial charge in [0, 0.05) is 10.7 Å². The largest absolute Gasteiger partial charge is 0.492 e. The van der Waals surface area contributed by atoms with Crippen molar-refractivity contribution in [3.8, 4) is 5.75 Å². The van der Waals surface area contributed by atoms with E-state index in [1.165, 1.54) is 6.07 Å². The van der Waals surface area contributed by atoms with Crippen LogP contribution in [0.1, 0.15) is 38.2 Å². The van der Waals surface area contributed by atoms with E-state index in [9.17, 15) is 8.42 Å². The Morgan fingerprint density at radius 3 is 2.56 bits per heavy atom. The van der Waals surface area contributed by atoms with Gasteiger partial charge in [0.2, 0.25) is 0 Å². The molecule has 0 fully saturated rings. The van der Waals surface area contributed by atoms with E-state index in [1.54, 1.807) is 6.07 Å². The smallest absolute Gasteiger partial charge is 0.264 e. The highest BCUT2D eigenvalue weighted by Gasteiger charge is 2.16. The molecule has 0 spiro atoms. The molecule has 18 heavy (non-hydrogen) atoms. The molecule has 5 heteroatoms. The SMILES string of the molecule is CCCCCCOc1ccc(C)cc1S(=O)(=O)Cl. The molecule has 0 saturated carbocycles. The van der Waals surface area contributed by atoms with Gasteiger partial charge < -0.3 is 4.74 Å². The van der Waals surface area contributed by atoms with Gasteiger partial charge >= 0.3 is 0 Å². The Bertz CT molecular complexity index is 483. The van der Waals surface area contributed by atoms with Crippen molar-refractivity contribution >= 4 is 19.7 Å². The van der Waals surface area contributed by atoms with Crippen LogP contribution >= 0.6 is 10.7 Å². The lowest BCUT2D eigenvalue weighted by Gasteiger charge is -2.10. The summed E-state index contributed by atoms with van der Waals surface area (Å²) in [5, 5.41) is 0. The van der Waals surface area contributed by atoms with Crippen molar-refractivity contribution in [2.75, 3.05) is 6.61 Å². The molecular formula is C13H19ClO3S. The summed E-state index contributed by atoms with van der Waals surface area (Å²) in [5.74, 6) is 0.340. The van der Waals surface area contributed by atoms with Crippen molar-refractivity contribution < 1.29 is 13.2 Å². The highest BCUT2D eigenvalue weighted by molar-refractivity contribution is 8.13. The van der Waals surface area contributed by atoms with E-state index in [-0.39, 0.29) is 4.90 Å². The van der Waals surface area contributed by atoms with Crippen LogP contribution in [0.3, 0.4) is 0 Å². The Labute approximate surface area is 114 Å². The summed E-state index contributed by atoms with van der Waals surface area (Å²) in [5.41, 5.74) is 0.840. The molecule has 0 aliphatic carbocycles. The maximum Gasteiger partial charge on any atom is 0.264 e. The van der Waals surface area contributed by atoms with Crippen LogP contribution in [0.25, 0.3) is 0 Å². The van der Waals surface area contributed by atoms with Crippen molar-refractivity contribution in [1.82, 2.24) is 0 Å². The van der Waals surface area contributed by atoms with E-state index in [1.807, 2.05) is 13.0 Å². The minimum atomic E-state index is -3.76. The molecule has 0 saturated heterocycles. The van der Waals surface area contributed by atoms with Crippen LogP contribution in [0.15, 0.2) is 23.1 Å². The van der Waals surface area contributed by atoms with Gasteiger partial charge in [-0.25, -0.2) is 8.42 Å². The number of aryl methyl sites for hydroxylation is 1. The van der Waals surface area contributed by atoms with Crippen LogP contribution in [0.5, 0.6) is 5.75 Å². The van der Waals surface area contributed by atoms with E-state index in [2.05, 4.69) is 6.92 Å². The van der Waals surface area contributed by atoms with Gasteiger partial charge in [0.15, 0.2) is 0 Å². The quantitative estimate of drug-likeness (QED) is 0.565. The van der Waals surface area contributed by atoms with Crippen molar-refractivity contribution in [3.63, 3.8) is 0 Å². The first-order valence-electron chi connectivity index (χ1n) is 6.13. The van der Waals surface area contributed by atoms with Crippen LogP contribution in [-0.4, -0.2) is 15.0 Å². The minimum absolute atomic E-state index is 0.0552. The Balaban J connectivity index is 2.71. The van der Waals surface area contributed by atoms with Crippen LogP contribution < -0.4 is 4.74 Å². The van der Waals surface area contributed by atoms with Gasteiger partial charge in [0.1, 0.15) is 10.6 Å². The summed E-state index contributed by atoms with van der Waals surface area (Å²) in [7, 11) is 1.63. The molecule has 0 amide bonds. The zero-order valence-corrected chi connectivity index (χ0v) is 12.4. The van der Waals surface area contributed by atoms with Gasteiger partial charge in [-0.3, -0.25) is 0 Å². The molecule has 0 unspecified atom stereocenters.